The fourth-order valence-corrected chi connectivity index (χ4v) is 3.68. The number of likely N-dealkylation sites (tertiary alicyclic amines) is 1. The summed E-state index contributed by atoms with van der Waals surface area (Å²) in [6.45, 7) is 2.80. The highest BCUT2D eigenvalue weighted by Crippen LogP contribution is 2.38. The van der Waals surface area contributed by atoms with Crippen molar-refractivity contribution in [3.8, 4) is 11.5 Å². The van der Waals surface area contributed by atoms with E-state index in [0.29, 0.717) is 22.2 Å². The van der Waals surface area contributed by atoms with Crippen LogP contribution in [0.2, 0.25) is 5.02 Å². The molecule has 1 saturated heterocycles. The average molecular weight is 375 g/mol. The summed E-state index contributed by atoms with van der Waals surface area (Å²) in [6, 6.07) is 11.4. The first-order chi connectivity index (χ1) is 12.5. The highest BCUT2D eigenvalue weighted by Gasteiger charge is 2.31. The van der Waals surface area contributed by atoms with Crippen LogP contribution < -0.4 is 14.8 Å². The van der Waals surface area contributed by atoms with Crippen molar-refractivity contribution in [3.63, 3.8) is 0 Å². The summed E-state index contributed by atoms with van der Waals surface area (Å²) in [5.41, 5.74) is 2.92. The summed E-state index contributed by atoms with van der Waals surface area (Å²) in [5, 5.41) is 3.35. The maximum Gasteiger partial charge on any atom is 0.322 e. The van der Waals surface area contributed by atoms with E-state index in [4.69, 9.17) is 21.1 Å². The van der Waals surface area contributed by atoms with Gasteiger partial charge in [0.15, 0.2) is 0 Å². The molecule has 0 aliphatic carbocycles. The number of nitrogens with zero attached hydrogens (tertiary/aromatic N) is 1. The lowest BCUT2D eigenvalue weighted by Crippen LogP contribution is -2.34. The maximum absolute atomic E-state index is 12.9. The quantitative estimate of drug-likeness (QED) is 0.816. The van der Waals surface area contributed by atoms with E-state index in [-0.39, 0.29) is 12.1 Å². The molecule has 2 aromatic rings. The van der Waals surface area contributed by atoms with Crippen molar-refractivity contribution >= 4 is 23.3 Å². The number of hydrogen-bond donors (Lipinski definition) is 1. The molecule has 2 aromatic carbocycles. The third-order valence-electron chi connectivity index (χ3n) is 4.78. The summed E-state index contributed by atoms with van der Waals surface area (Å²) >= 11 is 6.20. The van der Waals surface area contributed by atoms with E-state index in [9.17, 15) is 4.79 Å². The van der Waals surface area contributed by atoms with Gasteiger partial charge in [0, 0.05) is 12.6 Å². The van der Waals surface area contributed by atoms with E-state index in [2.05, 4.69) is 24.4 Å². The Hall–Kier alpha value is -2.40. The summed E-state index contributed by atoms with van der Waals surface area (Å²) in [7, 11) is 3.08. The zero-order chi connectivity index (χ0) is 18.7. The van der Waals surface area contributed by atoms with Crippen molar-refractivity contribution < 1.29 is 14.3 Å². The van der Waals surface area contributed by atoms with Gasteiger partial charge in [-0.15, -0.1) is 0 Å². The number of anilines is 1. The van der Waals surface area contributed by atoms with Gasteiger partial charge in [-0.3, -0.25) is 0 Å². The van der Waals surface area contributed by atoms with Crippen LogP contribution in [0.4, 0.5) is 10.5 Å². The van der Waals surface area contributed by atoms with Crippen molar-refractivity contribution in [1.29, 1.82) is 0 Å². The second-order valence-corrected chi connectivity index (χ2v) is 6.73. The molecule has 1 aliphatic rings. The average Bonchev–Trinajstić information content (AvgIpc) is 3.12. The Morgan fingerprint density at radius 2 is 1.92 bits per heavy atom. The fourth-order valence-electron chi connectivity index (χ4n) is 3.44. The van der Waals surface area contributed by atoms with Crippen LogP contribution >= 0.6 is 11.6 Å². The van der Waals surface area contributed by atoms with Gasteiger partial charge < -0.3 is 19.7 Å². The molecule has 0 aromatic heterocycles. The number of benzene rings is 2. The number of nitrogens with one attached hydrogen (secondary N) is 1. The number of hydrogen-bond acceptors (Lipinski definition) is 3. The first kappa shape index (κ1) is 18.4. The van der Waals surface area contributed by atoms with Crippen LogP contribution in [0.25, 0.3) is 0 Å². The number of aryl methyl sites for hydroxylation is 1. The molecular weight excluding hydrogens is 352 g/mol. The Labute approximate surface area is 158 Å². The molecule has 1 atom stereocenters. The number of carbonyl (C=O) groups is 1. The van der Waals surface area contributed by atoms with Gasteiger partial charge in [0.2, 0.25) is 0 Å². The number of rotatable bonds is 4. The Balaban J connectivity index is 1.84. The molecule has 0 saturated carbocycles. The van der Waals surface area contributed by atoms with Gasteiger partial charge in [0.25, 0.3) is 0 Å². The Kier molecular flexibility index (Phi) is 5.57. The molecule has 1 N–H and O–H groups in total. The number of amides is 2. The molecular formula is C20H23ClN2O3. The summed E-state index contributed by atoms with van der Waals surface area (Å²) in [5.74, 6) is 1.01. The van der Waals surface area contributed by atoms with Crippen molar-refractivity contribution in [2.75, 3.05) is 26.1 Å². The molecule has 1 fully saturated rings. The van der Waals surface area contributed by atoms with Crippen molar-refractivity contribution in [3.05, 3.63) is 52.5 Å². The summed E-state index contributed by atoms with van der Waals surface area (Å²) in [6.07, 6.45) is 1.94. The topological polar surface area (TPSA) is 50.8 Å². The van der Waals surface area contributed by atoms with Gasteiger partial charge in [-0.2, -0.15) is 0 Å². The van der Waals surface area contributed by atoms with Crippen LogP contribution in [0.15, 0.2) is 36.4 Å². The molecule has 2 amide bonds. The summed E-state index contributed by atoms with van der Waals surface area (Å²) in [4.78, 5) is 14.8. The normalized spacial score (nSPS) is 16.5. The van der Waals surface area contributed by atoms with Crippen LogP contribution in [-0.4, -0.2) is 31.7 Å². The largest absolute Gasteiger partial charge is 0.495 e. The number of carbonyl (C=O) groups excluding carboxylic acids is 1. The minimum atomic E-state index is -0.157. The molecule has 1 heterocycles. The van der Waals surface area contributed by atoms with Crippen LogP contribution in [0.3, 0.4) is 0 Å². The first-order valence-corrected chi connectivity index (χ1v) is 8.97. The zero-order valence-corrected chi connectivity index (χ0v) is 16.0. The Bertz CT molecular complexity index is 810. The van der Waals surface area contributed by atoms with E-state index >= 15 is 0 Å². The second-order valence-electron chi connectivity index (χ2n) is 6.33. The predicted octanol–water partition coefficient (Wildman–Crippen LogP) is 5.03. The first-order valence-electron chi connectivity index (χ1n) is 8.59. The molecule has 5 nitrogen and oxygen atoms in total. The van der Waals surface area contributed by atoms with E-state index in [1.165, 1.54) is 18.2 Å². The van der Waals surface area contributed by atoms with E-state index in [0.717, 1.165) is 19.4 Å². The van der Waals surface area contributed by atoms with Crippen LogP contribution in [0.1, 0.15) is 30.0 Å². The van der Waals surface area contributed by atoms with Crippen LogP contribution in [0, 0.1) is 6.92 Å². The lowest BCUT2D eigenvalue weighted by atomic mass is 9.99. The molecule has 1 aliphatic heterocycles. The van der Waals surface area contributed by atoms with E-state index in [1.54, 1.807) is 19.2 Å². The maximum atomic E-state index is 12.9. The smallest absolute Gasteiger partial charge is 0.322 e. The molecule has 138 valence electrons. The number of halogens is 1. The highest BCUT2D eigenvalue weighted by molar-refractivity contribution is 6.32. The van der Waals surface area contributed by atoms with Crippen LogP contribution in [0.5, 0.6) is 11.5 Å². The van der Waals surface area contributed by atoms with Crippen molar-refractivity contribution in [1.82, 2.24) is 4.90 Å². The third-order valence-corrected chi connectivity index (χ3v) is 5.07. The fraction of sp³-hybridized carbons (Fsp3) is 0.350. The van der Waals surface area contributed by atoms with Gasteiger partial charge in [-0.25, -0.2) is 4.79 Å². The lowest BCUT2D eigenvalue weighted by Gasteiger charge is -2.27. The van der Waals surface area contributed by atoms with Gasteiger partial charge >= 0.3 is 6.03 Å². The summed E-state index contributed by atoms with van der Waals surface area (Å²) < 4.78 is 10.6. The lowest BCUT2D eigenvalue weighted by molar-refractivity contribution is 0.207. The van der Waals surface area contributed by atoms with Gasteiger partial charge in [0.1, 0.15) is 11.5 Å². The SMILES string of the molecule is COc1cc(OC)c(NC(=O)N2CCCC2c2ccccc2C)cc1Cl. The second kappa shape index (κ2) is 7.87. The number of urea groups is 1. The highest BCUT2D eigenvalue weighted by atomic mass is 35.5. The predicted molar refractivity (Wildman–Crippen MR) is 103 cm³/mol. The van der Waals surface area contributed by atoms with Crippen LogP contribution in [-0.2, 0) is 0 Å². The molecule has 0 spiro atoms. The van der Waals surface area contributed by atoms with Gasteiger partial charge in [-0.1, -0.05) is 35.9 Å². The monoisotopic (exact) mass is 374 g/mol. The molecule has 26 heavy (non-hydrogen) atoms. The minimum absolute atomic E-state index is 0.0796. The molecule has 3 rings (SSSR count). The van der Waals surface area contributed by atoms with Gasteiger partial charge in [0.05, 0.1) is 31.0 Å². The number of ether oxygens (including phenoxy) is 2. The van der Waals surface area contributed by atoms with Crippen molar-refractivity contribution in [2.24, 2.45) is 0 Å². The standard InChI is InChI=1S/C20H23ClN2O3/c1-13-7-4-5-8-14(13)17-9-6-10-23(17)20(24)22-16-11-15(21)18(25-2)12-19(16)26-3/h4-5,7-8,11-12,17H,6,9-10H2,1-3H3,(H,22,24). The van der Waals surface area contributed by atoms with E-state index < -0.39 is 0 Å². The van der Waals surface area contributed by atoms with Gasteiger partial charge in [-0.05, 0) is 37.0 Å². The van der Waals surface area contributed by atoms with E-state index in [1.807, 2.05) is 17.0 Å². The molecule has 0 radical (unpaired) electrons. The third kappa shape index (κ3) is 3.58. The molecule has 6 heteroatoms. The molecule has 0 bridgehead atoms. The Morgan fingerprint density at radius 1 is 1.19 bits per heavy atom. The Morgan fingerprint density at radius 3 is 2.62 bits per heavy atom. The zero-order valence-electron chi connectivity index (χ0n) is 15.2. The minimum Gasteiger partial charge on any atom is -0.495 e. The molecule has 1 unspecified atom stereocenters. The van der Waals surface area contributed by atoms with Crippen molar-refractivity contribution in [2.45, 2.75) is 25.8 Å². The number of methoxy groups -OCH3 is 2.